The Labute approximate surface area is 119 Å². The number of aromatic nitrogens is 1. The van der Waals surface area contributed by atoms with Gasteiger partial charge in [0.05, 0.1) is 0 Å². The maximum atomic E-state index is 12.0. The lowest BCUT2D eigenvalue weighted by atomic mass is 10.1. The number of hydrogen-bond acceptors (Lipinski definition) is 2. The highest BCUT2D eigenvalue weighted by Gasteiger charge is 2.15. The third-order valence-corrected chi connectivity index (χ3v) is 3.92. The second-order valence-electron chi connectivity index (χ2n) is 5.43. The predicted molar refractivity (Wildman–Crippen MR) is 80.6 cm³/mol. The first-order valence-electron chi connectivity index (χ1n) is 7.37. The van der Waals surface area contributed by atoms with Gasteiger partial charge in [0.25, 0.3) is 0 Å². The molecule has 1 aromatic carbocycles. The molecule has 20 heavy (non-hydrogen) atoms. The average Bonchev–Trinajstić information content (AvgIpc) is 2.89. The second kappa shape index (κ2) is 6.09. The van der Waals surface area contributed by atoms with Crippen LogP contribution in [-0.2, 0) is 11.3 Å². The molecule has 1 atom stereocenters. The number of benzene rings is 1. The van der Waals surface area contributed by atoms with Crippen molar-refractivity contribution in [3.63, 3.8) is 0 Å². The summed E-state index contributed by atoms with van der Waals surface area (Å²) < 4.78 is 2.15. The summed E-state index contributed by atoms with van der Waals surface area (Å²) in [5.74, 6) is 0.150. The van der Waals surface area contributed by atoms with Gasteiger partial charge in [-0.25, -0.2) is 0 Å². The molecule has 0 aliphatic carbocycles. The van der Waals surface area contributed by atoms with Crippen LogP contribution in [0.1, 0.15) is 19.3 Å². The lowest BCUT2D eigenvalue weighted by Gasteiger charge is -2.23. The molecule has 1 saturated heterocycles. The molecule has 106 valence electrons. The van der Waals surface area contributed by atoms with E-state index >= 15 is 0 Å². The van der Waals surface area contributed by atoms with Crippen molar-refractivity contribution in [2.75, 3.05) is 13.1 Å². The van der Waals surface area contributed by atoms with E-state index < -0.39 is 0 Å². The fourth-order valence-corrected chi connectivity index (χ4v) is 2.83. The van der Waals surface area contributed by atoms with Crippen LogP contribution in [0.4, 0.5) is 0 Å². The van der Waals surface area contributed by atoms with Gasteiger partial charge in [-0.1, -0.05) is 18.2 Å². The zero-order valence-corrected chi connectivity index (χ0v) is 11.6. The summed E-state index contributed by atoms with van der Waals surface area (Å²) >= 11 is 0. The Hall–Kier alpha value is -1.81. The van der Waals surface area contributed by atoms with Crippen LogP contribution in [0.15, 0.2) is 36.5 Å². The second-order valence-corrected chi connectivity index (χ2v) is 5.43. The first kappa shape index (κ1) is 13.2. The van der Waals surface area contributed by atoms with Crippen molar-refractivity contribution in [2.24, 2.45) is 0 Å². The monoisotopic (exact) mass is 271 g/mol. The van der Waals surface area contributed by atoms with Crippen molar-refractivity contribution in [1.82, 2.24) is 15.2 Å². The quantitative estimate of drug-likeness (QED) is 0.892. The Bertz CT molecular complexity index is 584. The molecule has 0 saturated carbocycles. The number of fused-ring (bicyclic) bond motifs is 1. The predicted octanol–water partition coefficient (Wildman–Crippen LogP) is 1.90. The van der Waals surface area contributed by atoms with Crippen molar-refractivity contribution in [3.05, 3.63) is 36.5 Å². The smallest absolute Gasteiger partial charge is 0.222 e. The third kappa shape index (κ3) is 3.02. The number of hydrogen-bond donors (Lipinski definition) is 2. The first-order chi connectivity index (χ1) is 9.83. The normalized spacial score (nSPS) is 19.1. The van der Waals surface area contributed by atoms with Gasteiger partial charge in [-0.15, -0.1) is 0 Å². The summed E-state index contributed by atoms with van der Waals surface area (Å²) in [5.41, 5.74) is 1.19. The van der Waals surface area contributed by atoms with E-state index in [1.807, 2.05) is 12.1 Å². The number of piperidine rings is 1. The topological polar surface area (TPSA) is 46.1 Å². The molecular formula is C16H21N3O. The van der Waals surface area contributed by atoms with Gasteiger partial charge >= 0.3 is 0 Å². The molecule has 0 spiro atoms. The van der Waals surface area contributed by atoms with Gasteiger partial charge in [-0.05, 0) is 36.9 Å². The van der Waals surface area contributed by atoms with Crippen molar-refractivity contribution < 1.29 is 4.79 Å². The van der Waals surface area contributed by atoms with E-state index in [0.717, 1.165) is 32.5 Å². The molecule has 0 bridgehead atoms. The van der Waals surface area contributed by atoms with E-state index in [-0.39, 0.29) is 5.91 Å². The molecule has 1 aromatic heterocycles. The van der Waals surface area contributed by atoms with Crippen LogP contribution < -0.4 is 10.6 Å². The Morgan fingerprint density at radius 3 is 3.10 bits per heavy atom. The molecule has 1 unspecified atom stereocenters. The van der Waals surface area contributed by atoms with Gasteiger partial charge in [0.2, 0.25) is 5.91 Å². The van der Waals surface area contributed by atoms with Gasteiger partial charge in [-0.2, -0.15) is 0 Å². The van der Waals surface area contributed by atoms with Crippen LogP contribution in [-0.4, -0.2) is 29.6 Å². The van der Waals surface area contributed by atoms with Gasteiger partial charge < -0.3 is 15.2 Å². The number of carbonyl (C=O) groups is 1. The summed E-state index contributed by atoms with van der Waals surface area (Å²) in [4.78, 5) is 12.0. The Morgan fingerprint density at radius 1 is 1.35 bits per heavy atom. The van der Waals surface area contributed by atoms with E-state index in [0.29, 0.717) is 12.5 Å². The van der Waals surface area contributed by atoms with Crippen molar-refractivity contribution in [3.8, 4) is 0 Å². The molecule has 4 nitrogen and oxygen atoms in total. The fraction of sp³-hybridized carbons (Fsp3) is 0.438. The Kier molecular flexibility index (Phi) is 4.02. The highest BCUT2D eigenvalue weighted by molar-refractivity contribution is 5.80. The number of nitrogens with one attached hydrogen (secondary N) is 2. The lowest BCUT2D eigenvalue weighted by molar-refractivity contribution is -0.122. The molecule has 2 heterocycles. The molecule has 1 fully saturated rings. The summed E-state index contributed by atoms with van der Waals surface area (Å²) in [7, 11) is 0. The molecule has 1 amide bonds. The van der Waals surface area contributed by atoms with Crippen LogP contribution in [0.25, 0.3) is 10.9 Å². The molecular weight excluding hydrogens is 250 g/mol. The average molecular weight is 271 g/mol. The summed E-state index contributed by atoms with van der Waals surface area (Å²) in [6.07, 6.45) is 4.83. The summed E-state index contributed by atoms with van der Waals surface area (Å²) in [6, 6.07) is 10.7. The zero-order chi connectivity index (χ0) is 13.8. The minimum absolute atomic E-state index is 0.150. The zero-order valence-electron chi connectivity index (χ0n) is 11.6. The highest BCUT2D eigenvalue weighted by Crippen LogP contribution is 2.15. The van der Waals surface area contributed by atoms with Crippen LogP contribution in [0.2, 0.25) is 0 Å². The molecule has 4 heteroatoms. The third-order valence-electron chi connectivity index (χ3n) is 3.92. The van der Waals surface area contributed by atoms with Crippen molar-refractivity contribution >= 4 is 16.8 Å². The number of amides is 1. The summed E-state index contributed by atoms with van der Waals surface area (Å²) in [6.45, 7) is 2.71. The van der Waals surface area contributed by atoms with Crippen LogP contribution in [0.3, 0.4) is 0 Å². The van der Waals surface area contributed by atoms with E-state index in [9.17, 15) is 4.79 Å². The van der Waals surface area contributed by atoms with Crippen LogP contribution >= 0.6 is 0 Å². The number of para-hydroxylation sites is 1. The molecule has 2 aromatic rings. The maximum Gasteiger partial charge on any atom is 0.222 e. The lowest BCUT2D eigenvalue weighted by Crippen LogP contribution is -2.45. The minimum atomic E-state index is 0.150. The minimum Gasteiger partial charge on any atom is -0.352 e. The van der Waals surface area contributed by atoms with E-state index in [1.54, 1.807) is 0 Å². The molecule has 1 aliphatic heterocycles. The van der Waals surface area contributed by atoms with E-state index in [2.05, 4.69) is 39.6 Å². The van der Waals surface area contributed by atoms with Crippen LogP contribution in [0, 0.1) is 0 Å². The van der Waals surface area contributed by atoms with E-state index in [1.165, 1.54) is 10.9 Å². The fourth-order valence-electron chi connectivity index (χ4n) is 2.83. The molecule has 1 aliphatic rings. The van der Waals surface area contributed by atoms with Gasteiger partial charge in [0.1, 0.15) is 0 Å². The number of aryl methyl sites for hydroxylation is 1. The maximum absolute atomic E-state index is 12.0. The summed E-state index contributed by atoms with van der Waals surface area (Å²) in [5, 5.41) is 7.65. The number of nitrogens with zero attached hydrogens (tertiary/aromatic N) is 1. The van der Waals surface area contributed by atoms with E-state index in [4.69, 9.17) is 0 Å². The van der Waals surface area contributed by atoms with Crippen LogP contribution in [0.5, 0.6) is 0 Å². The Morgan fingerprint density at radius 2 is 2.25 bits per heavy atom. The SMILES string of the molecule is O=C(CCn1ccc2ccccc21)NC1CCCNC1. The van der Waals surface area contributed by atoms with Gasteiger partial charge in [0.15, 0.2) is 0 Å². The molecule has 2 N–H and O–H groups in total. The standard InChI is InChI=1S/C16H21N3O/c20-16(18-14-5-3-9-17-12-14)8-11-19-10-7-13-4-1-2-6-15(13)19/h1-2,4,6-7,10,14,17H,3,5,8-9,11-12H2,(H,18,20). The molecule has 0 radical (unpaired) electrons. The van der Waals surface area contributed by atoms with Crippen molar-refractivity contribution in [1.29, 1.82) is 0 Å². The largest absolute Gasteiger partial charge is 0.352 e. The van der Waals surface area contributed by atoms with Gasteiger partial charge in [0, 0.05) is 37.3 Å². The van der Waals surface area contributed by atoms with Gasteiger partial charge in [-0.3, -0.25) is 4.79 Å². The first-order valence-corrected chi connectivity index (χ1v) is 7.37. The number of rotatable bonds is 4. The van der Waals surface area contributed by atoms with Crippen molar-refractivity contribution in [2.45, 2.75) is 31.8 Å². The Balaban J connectivity index is 1.54. The highest BCUT2D eigenvalue weighted by atomic mass is 16.1. The number of carbonyl (C=O) groups excluding carboxylic acids is 1. The molecule has 3 rings (SSSR count).